The first-order chi connectivity index (χ1) is 7.00. The Labute approximate surface area is 95.1 Å². The normalized spacial score (nSPS) is 13.0. The number of benzene rings is 1. The molecule has 0 saturated carbocycles. The molecule has 5 heteroatoms. The summed E-state index contributed by atoms with van der Waals surface area (Å²) in [6, 6.07) is 4.18. The maximum atomic E-state index is 13.2. The highest BCUT2D eigenvalue weighted by Gasteiger charge is 2.01. The van der Waals surface area contributed by atoms with E-state index in [1.807, 2.05) is 0 Å². The van der Waals surface area contributed by atoms with Gasteiger partial charge in [-0.15, -0.1) is 0 Å². The molecule has 0 spiro atoms. The van der Waals surface area contributed by atoms with Gasteiger partial charge in [0.05, 0.1) is 0 Å². The van der Waals surface area contributed by atoms with Gasteiger partial charge in [-0.2, -0.15) is 4.40 Å². The minimum Gasteiger partial charge on any atom is -0.230 e. The van der Waals surface area contributed by atoms with Crippen LogP contribution in [0.2, 0.25) is 5.02 Å². The second-order valence-corrected chi connectivity index (χ2v) is 4.69. The molecule has 0 fully saturated rings. The molecule has 1 unspecified atom stereocenters. The Morgan fingerprint density at radius 1 is 1.67 bits per heavy atom. The van der Waals surface area contributed by atoms with Gasteiger partial charge in [0.2, 0.25) is 0 Å². The van der Waals surface area contributed by atoms with Crippen LogP contribution in [0.15, 0.2) is 34.1 Å². The summed E-state index contributed by atoms with van der Waals surface area (Å²) in [7, 11) is -1.51. The molecule has 0 N–H and O–H groups in total. The van der Waals surface area contributed by atoms with Crippen LogP contribution in [0, 0.1) is 5.82 Å². The summed E-state index contributed by atoms with van der Waals surface area (Å²) in [6.07, 6.45) is 1.20. The van der Waals surface area contributed by atoms with E-state index >= 15 is 0 Å². The SMILES string of the molecule is C=C(C)S(=O)N=Cc1ccc(Cl)cc1F. The van der Waals surface area contributed by atoms with E-state index < -0.39 is 16.8 Å². The van der Waals surface area contributed by atoms with Gasteiger partial charge in [-0.05, 0) is 25.1 Å². The summed E-state index contributed by atoms with van der Waals surface area (Å²) in [5, 5.41) is 0.311. The molecule has 1 aromatic carbocycles. The summed E-state index contributed by atoms with van der Waals surface area (Å²) < 4.78 is 28.0. The van der Waals surface area contributed by atoms with E-state index in [4.69, 9.17) is 11.6 Å². The van der Waals surface area contributed by atoms with Gasteiger partial charge in [0.15, 0.2) is 11.0 Å². The van der Waals surface area contributed by atoms with Gasteiger partial charge in [-0.1, -0.05) is 18.2 Å². The average Bonchev–Trinajstić information content (AvgIpc) is 2.15. The summed E-state index contributed by atoms with van der Waals surface area (Å²) in [5.41, 5.74) is 0.244. The highest BCUT2D eigenvalue weighted by molar-refractivity contribution is 7.87. The van der Waals surface area contributed by atoms with E-state index in [2.05, 4.69) is 11.0 Å². The first-order valence-corrected chi connectivity index (χ1v) is 5.55. The maximum absolute atomic E-state index is 13.2. The fraction of sp³-hybridized carbons (Fsp3) is 0.100. The lowest BCUT2D eigenvalue weighted by atomic mass is 10.2. The number of allylic oxidation sites excluding steroid dienone is 1. The zero-order chi connectivity index (χ0) is 11.4. The minimum absolute atomic E-state index is 0.244. The first-order valence-electron chi connectivity index (χ1n) is 4.07. The third-order valence-corrected chi connectivity index (χ3v) is 2.68. The quantitative estimate of drug-likeness (QED) is 0.753. The fourth-order valence-corrected chi connectivity index (χ4v) is 1.35. The molecule has 0 aliphatic rings. The molecule has 0 radical (unpaired) electrons. The van der Waals surface area contributed by atoms with Crippen LogP contribution in [-0.4, -0.2) is 10.4 Å². The Balaban J connectivity index is 2.90. The smallest absolute Gasteiger partial charge is 0.167 e. The number of halogens is 2. The van der Waals surface area contributed by atoms with E-state index in [-0.39, 0.29) is 5.56 Å². The number of hydrogen-bond acceptors (Lipinski definition) is 1. The molecule has 0 amide bonds. The molecule has 15 heavy (non-hydrogen) atoms. The summed E-state index contributed by atoms with van der Waals surface area (Å²) in [6.45, 7) is 5.06. The topological polar surface area (TPSA) is 29.4 Å². The van der Waals surface area contributed by atoms with Gasteiger partial charge in [0.1, 0.15) is 5.82 Å². The van der Waals surface area contributed by atoms with Crippen molar-refractivity contribution in [1.29, 1.82) is 0 Å². The molecule has 80 valence electrons. The Bertz CT molecular complexity index is 445. The van der Waals surface area contributed by atoms with Crippen LogP contribution in [0.3, 0.4) is 0 Å². The van der Waals surface area contributed by atoms with Gasteiger partial charge in [0, 0.05) is 21.7 Å². The van der Waals surface area contributed by atoms with Gasteiger partial charge < -0.3 is 0 Å². The Kier molecular flexibility index (Phi) is 4.17. The van der Waals surface area contributed by atoms with Gasteiger partial charge in [-0.3, -0.25) is 0 Å². The van der Waals surface area contributed by atoms with Crippen molar-refractivity contribution in [2.24, 2.45) is 4.40 Å². The van der Waals surface area contributed by atoms with Crippen molar-refractivity contribution in [3.63, 3.8) is 0 Å². The molecular formula is C10H9ClFNOS. The van der Waals surface area contributed by atoms with Crippen molar-refractivity contribution in [3.8, 4) is 0 Å². The Morgan fingerprint density at radius 3 is 2.87 bits per heavy atom. The molecular weight excluding hydrogens is 237 g/mol. The molecule has 0 aliphatic heterocycles. The monoisotopic (exact) mass is 245 g/mol. The van der Waals surface area contributed by atoms with E-state index in [0.29, 0.717) is 9.93 Å². The summed E-state index contributed by atoms with van der Waals surface area (Å²) >= 11 is 5.57. The van der Waals surface area contributed by atoms with Crippen molar-refractivity contribution >= 4 is 28.8 Å². The number of hydrogen-bond donors (Lipinski definition) is 0. The highest BCUT2D eigenvalue weighted by atomic mass is 35.5. The van der Waals surface area contributed by atoms with Crippen LogP contribution in [0.5, 0.6) is 0 Å². The van der Waals surface area contributed by atoms with E-state index in [0.717, 1.165) is 0 Å². The standard InChI is InChI=1S/C10H9ClFNOS/c1-7(2)15(14)13-6-8-3-4-9(11)5-10(8)12/h3-6H,1H2,2H3. The van der Waals surface area contributed by atoms with Crippen LogP contribution in [-0.2, 0) is 11.0 Å². The van der Waals surface area contributed by atoms with Crippen LogP contribution in [0.1, 0.15) is 12.5 Å². The predicted molar refractivity (Wildman–Crippen MR) is 62.0 cm³/mol. The van der Waals surface area contributed by atoms with Crippen molar-refractivity contribution in [3.05, 3.63) is 46.1 Å². The summed E-state index contributed by atoms with van der Waals surface area (Å²) in [5.74, 6) is -0.495. The summed E-state index contributed by atoms with van der Waals surface area (Å²) in [4.78, 5) is 0.417. The zero-order valence-electron chi connectivity index (χ0n) is 8.04. The minimum atomic E-state index is -1.51. The second-order valence-electron chi connectivity index (χ2n) is 2.85. The van der Waals surface area contributed by atoms with Crippen LogP contribution >= 0.6 is 11.6 Å². The van der Waals surface area contributed by atoms with Gasteiger partial charge in [-0.25, -0.2) is 8.60 Å². The zero-order valence-corrected chi connectivity index (χ0v) is 9.61. The largest absolute Gasteiger partial charge is 0.230 e. The molecule has 1 aromatic rings. The molecule has 0 bridgehead atoms. The van der Waals surface area contributed by atoms with Crippen molar-refractivity contribution in [1.82, 2.24) is 0 Å². The molecule has 0 aliphatic carbocycles. The molecule has 2 nitrogen and oxygen atoms in total. The first kappa shape index (κ1) is 12.1. The van der Waals surface area contributed by atoms with E-state index in [1.165, 1.54) is 24.4 Å². The maximum Gasteiger partial charge on any atom is 0.167 e. The van der Waals surface area contributed by atoms with Crippen LogP contribution < -0.4 is 0 Å². The Morgan fingerprint density at radius 2 is 2.33 bits per heavy atom. The number of nitrogens with zero attached hydrogens (tertiary/aromatic N) is 1. The third kappa shape index (κ3) is 3.57. The van der Waals surface area contributed by atoms with E-state index in [9.17, 15) is 8.60 Å². The fourth-order valence-electron chi connectivity index (χ4n) is 0.801. The van der Waals surface area contributed by atoms with Gasteiger partial charge >= 0.3 is 0 Å². The second kappa shape index (κ2) is 5.19. The van der Waals surface area contributed by atoms with Crippen LogP contribution in [0.4, 0.5) is 4.39 Å². The lowest BCUT2D eigenvalue weighted by Crippen LogP contribution is -1.91. The van der Waals surface area contributed by atoms with Crippen molar-refractivity contribution in [2.45, 2.75) is 6.92 Å². The lowest BCUT2D eigenvalue weighted by molar-refractivity contribution is 0.626. The molecule has 0 aromatic heterocycles. The van der Waals surface area contributed by atoms with Crippen molar-refractivity contribution in [2.75, 3.05) is 0 Å². The molecule has 0 heterocycles. The predicted octanol–water partition coefficient (Wildman–Crippen LogP) is 3.10. The van der Waals surface area contributed by atoms with Gasteiger partial charge in [0.25, 0.3) is 0 Å². The molecule has 1 rings (SSSR count). The number of rotatable bonds is 3. The molecule has 0 saturated heterocycles. The molecule has 1 atom stereocenters. The van der Waals surface area contributed by atoms with Crippen molar-refractivity contribution < 1.29 is 8.60 Å². The lowest BCUT2D eigenvalue weighted by Gasteiger charge is -1.96. The average molecular weight is 246 g/mol. The van der Waals surface area contributed by atoms with E-state index in [1.54, 1.807) is 6.92 Å². The van der Waals surface area contributed by atoms with Crippen LogP contribution in [0.25, 0.3) is 0 Å². The third-order valence-electron chi connectivity index (χ3n) is 1.55. The highest BCUT2D eigenvalue weighted by Crippen LogP contribution is 2.13. The Hall–Kier alpha value is -1.00.